The lowest BCUT2D eigenvalue weighted by Crippen LogP contribution is -2.42. The largest absolute Gasteiger partial charge is 0.392 e. The number of aliphatic hydroxyl groups excluding tert-OH is 1. The summed E-state index contributed by atoms with van der Waals surface area (Å²) in [7, 11) is 0. The van der Waals surface area contributed by atoms with Gasteiger partial charge in [-0.2, -0.15) is 0 Å². The topological polar surface area (TPSA) is 45.2 Å². The normalized spacial score (nSPS) is 25.9. The van der Waals surface area contributed by atoms with Crippen LogP contribution in [0.25, 0.3) is 0 Å². The zero-order valence-electron chi connectivity index (χ0n) is 9.78. The summed E-state index contributed by atoms with van der Waals surface area (Å²) in [6.45, 7) is 3.01. The maximum absolute atomic E-state index is 9.81. The van der Waals surface area contributed by atoms with Crippen LogP contribution in [-0.2, 0) is 6.42 Å². The summed E-state index contributed by atoms with van der Waals surface area (Å²) >= 11 is 1.72. The lowest BCUT2D eigenvalue weighted by molar-refractivity contribution is 0.0914. The highest BCUT2D eigenvalue weighted by molar-refractivity contribution is 7.09. The second kappa shape index (κ2) is 5.75. The first-order valence-corrected chi connectivity index (χ1v) is 6.96. The van der Waals surface area contributed by atoms with Gasteiger partial charge in [0.1, 0.15) is 0 Å². The third-order valence-corrected chi connectivity index (χ3v) is 4.33. The van der Waals surface area contributed by atoms with Crippen molar-refractivity contribution in [3.63, 3.8) is 0 Å². The fourth-order valence-corrected chi connectivity index (χ4v) is 3.07. The lowest BCUT2D eigenvalue weighted by atomic mass is 9.92. The molecule has 0 amide bonds. The van der Waals surface area contributed by atoms with Gasteiger partial charge in [0, 0.05) is 17.5 Å². The molecule has 1 fully saturated rings. The van der Waals surface area contributed by atoms with Crippen molar-refractivity contribution in [1.82, 2.24) is 10.3 Å². The molecule has 2 rings (SSSR count). The second-order valence-corrected chi connectivity index (χ2v) is 5.46. The fraction of sp³-hybridized carbons (Fsp3) is 0.750. The summed E-state index contributed by atoms with van der Waals surface area (Å²) in [5.41, 5.74) is 3.05. The number of thiazole rings is 1. The van der Waals surface area contributed by atoms with Gasteiger partial charge in [0.05, 0.1) is 17.3 Å². The molecule has 3 nitrogen and oxygen atoms in total. The monoisotopic (exact) mass is 240 g/mol. The molecular weight excluding hydrogens is 220 g/mol. The Labute approximate surface area is 101 Å². The molecule has 1 aliphatic rings. The van der Waals surface area contributed by atoms with E-state index in [1.165, 1.54) is 17.7 Å². The first-order valence-electron chi connectivity index (χ1n) is 6.08. The van der Waals surface area contributed by atoms with E-state index in [1.807, 2.05) is 5.51 Å². The van der Waals surface area contributed by atoms with Gasteiger partial charge in [0.15, 0.2) is 0 Å². The number of hydrogen-bond acceptors (Lipinski definition) is 4. The maximum Gasteiger partial charge on any atom is 0.0797 e. The Balaban J connectivity index is 1.73. The molecule has 0 aliphatic heterocycles. The molecule has 2 atom stereocenters. The molecule has 0 bridgehead atoms. The Hall–Kier alpha value is -0.450. The molecule has 90 valence electrons. The van der Waals surface area contributed by atoms with Gasteiger partial charge in [0.2, 0.25) is 0 Å². The minimum Gasteiger partial charge on any atom is -0.392 e. The number of aromatic nitrogens is 1. The number of aryl methyl sites for hydroxylation is 1. The van der Waals surface area contributed by atoms with Gasteiger partial charge in [-0.15, -0.1) is 11.3 Å². The van der Waals surface area contributed by atoms with Crippen molar-refractivity contribution in [2.24, 2.45) is 0 Å². The molecule has 16 heavy (non-hydrogen) atoms. The van der Waals surface area contributed by atoms with Crippen molar-refractivity contribution in [3.8, 4) is 0 Å². The van der Waals surface area contributed by atoms with Gasteiger partial charge in [-0.25, -0.2) is 4.98 Å². The molecule has 1 aliphatic carbocycles. The zero-order chi connectivity index (χ0) is 11.4. The fourth-order valence-electron chi connectivity index (χ4n) is 2.29. The molecule has 4 heteroatoms. The molecule has 1 heterocycles. The standard InChI is InChI=1S/C12H20N2OS/c1-9-12(16-8-14-9)6-7-13-10-4-2-3-5-11(10)15/h8,10-11,13,15H,2-7H2,1H3. The second-order valence-electron chi connectivity index (χ2n) is 4.52. The smallest absolute Gasteiger partial charge is 0.0797 e. The maximum atomic E-state index is 9.81. The summed E-state index contributed by atoms with van der Waals surface area (Å²) in [6.07, 6.45) is 5.37. The van der Waals surface area contributed by atoms with E-state index in [2.05, 4.69) is 17.2 Å². The average Bonchev–Trinajstić information content (AvgIpc) is 2.67. The van der Waals surface area contributed by atoms with Crippen LogP contribution >= 0.6 is 11.3 Å². The van der Waals surface area contributed by atoms with Gasteiger partial charge >= 0.3 is 0 Å². The van der Waals surface area contributed by atoms with E-state index >= 15 is 0 Å². The van der Waals surface area contributed by atoms with Gasteiger partial charge < -0.3 is 10.4 Å². The van der Waals surface area contributed by atoms with Crippen molar-refractivity contribution in [2.45, 2.75) is 51.2 Å². The van der Waals surface area contributed by atoms with Gasteiger partial charge in [-0.05, 0) is 26.2 Å². The van der Waals surface area contributed by atoms with E-state index in [-0.39, 0.29) is 6.10 Å². The Morgan fingerprint density at radius 1 is 1.50 bits per heavy atom. The average molecular weight is 240 g/mol. The molecule has 0 saturated heterocycles. The predicted molar refractivity (Wildman–Crippen MR) is 66.8 cm³/mol. The third kappa shape index (κ3) is 3.03. The molecule has 2 unspecified atom stereocenters. The van der Waals surface area contributed by atoms with Gasteiger partial charge in [-0.3, -0.25) is 0 Å². The van der Waals surface area contributed by atoms with Crippen LogP contribution < -0.4 is 5.32 Å². The van der Waals surface area contributed by atoms with E-state index in [0.717, 1.165) is 31.5 Å². The summed E-state index contributed by atoms with van der Waals surface area (Å²) in [5.74, 6) is 0. The van der Waals surface area contributed by atoms with Crippen LogP contribution in [0.5, 0.6) is 0 Å². The molecular formula is C12H20N2OS. The van der Waals surface area contributed by atoms with Crippen LogP contribution in [-0.4, -0.2) is 28.8 Å². The van der Waals surface area contributed by atoms with E-state index in [4.69, 9.17) is 0 Å². The van der Waals surface area contributed by atoms with Crippen molar-refractivity contribution in [1.29, 1.82) is 0 Å². The van der Waals surface area contributed by atoms with Crippen LogP contribution in [0.1, 0.15) is 36.3 Å². The molecule has 1 saturated carbocycles. The van der Waals surface area contributed by atoms with Crippen molar-refractivity contribution in [2.75, 3.05) is 6.54 Å². The minimum atomic E-state index is -0.142. The van der Waals surface area contributed by atoms with Gasteiger partial charge in [-0.1, -0.05) is 12.8 Å². The highest BCUT2D eigenvalue weighted by Crippen LogP contribution is 2.18. The molecule has 1 aromatic heterocycles. The first kappa shape index (κ1) is 12.0. The van der Waals surface area contributed by atoms with Crippen LogP contribution in [0.4, 0.5) is 0 Å². The van der Waals surface area contributed by atoms with E-state index in [9.17, 15) is 5.11 Å². The van der Waals surface area contributed by atoms with E-state index in [1.54, 1.807) is 11.3 Å². The molecule has 1 aromatic rings. The first-order chi connectivity index (χ1) is 7.77. The SMILES string of the molecule is Cc1ncsc1CCNC1CCCCC1O. The Morgan fingerprint density at radius 3 is 3.00 bits per heavy atom. The van der Waals surface area contributed by atoms with Crippen molar-refractivity contribution >= 4 is 11.3 Å². The molecule has 0 spiro atoms. The Morgan fingerprint density at radius 2 is 2.31 bits per heavy atom. The number of rotatable bonds is 4. The molecule has 0 radical (unpaired) electrons. The summed E-state index contributed by atoms with van der Waals surface area (Å²) in [4.78, 5) is 5.60. The van der Waals surface area contributed by atoms with Crippen LogP contribution in [0, 0.1) is 6.92 Å². The van der Waals surface area contributed by atoms with Gasteiger partial charge in [0.25, 0.3) is 0 Å². The zero-order valence-corrected chi connectivity index (χ0v) is 10.6. The lowest BCUT2D eigenvalue weighted by Gasteiger charge is -2.28. The van der Waals surface area contributed by atoms with Crippen LogP contribution in [0.3, 0.4) is 0 Å². The quantitative estimate of drug-likeness (QED) is 0.845. The Kier molecular flexibility index (Phi) is 4.32. The summed E-state index contributed by atoms with van der Waals surface area (Å²) in [6, 6.07) is 0.307. The number of hydrogen-bond donors (Lipinski definition) is 2. The summed E-state index contributed by atoms with van der Waals surface area (Å²) in [5, 5.41) is 13.3. The van der Waals surface area contributed by atoms with E-state index < -0.39 is 0 Å². The third-order valence-electron chi connectivity index (χ3n) is 3.33. The molecule has 2 N–H and O–H groups in total. The number of nitrogens with zero attached hydrogens (tertiary/aromatic N) is 1. The minimum absolute atomic E-state index is 0.142. The van der Waals surface area contributed by atoms with Crippen LogP contribution in [0.15, 0.2) is 5.51 Å². The van der Waals surface area contributed by atoms with Crippen molar-refractivity contribution < 1.29 is 5.11 Å². The van der Waals surface area contributed by atoms with Crippen molar-refractivity contribution in [3.05, 3.63) is 16.1 Å². The predicted octanol–water partition coefficient (Wildman–Crippen LogP) is 1.89. The van der Waals surface area contributed by atoms with E-state index in [0.29, 0.717) is 6.04 Å². The Bertz CT molecular complexity index is 327. The highest BCUT2D eigenvalue weighted by atomic mass is 32.1. The van der Waals surface area contributed by atoms with Crippen LogP contribution in [0.2, 0.25) is 0 Å². The highest BCUT2D eigenvalue weighted by Gasteiger charge is 2.21. The summed E-state index contributed by atoms with van der Waals surface area (Å²) < 4.78 is 0. The number of nitrogens with one attached hydrogen (secondary N) is 1. The number of aliphatic hydroxyl groups is 1. The molecule has 0 aromatic carbocycles.